The van der Waals surface area contributed by atoms with E-state index in [2.05, 4.69) is 28.6 Å². The monoisotopic (exact) mass is 239 g/mol. The summed E-state index contributed by atoms with van der Waals surface area (Å²) >= 11 is 5.32. The van der Waals surface area contributed by atoms with Gasteiger partial charge in [-0.3, -0.25) is 5.10 Å². The molecule has 3 nitrogen and oxygen atoms in total. The Morgan fingerprint density at radius 3 is 2.50 bits per heavy atom. The first-order chi connectivity index (χ1) is 7.77. The van der Waals surface area contributed by atoms with E-state index < -0.39 is 0 Å². The smallest absolute Gasteiger partial charge is 0.195 e. The molecule has 2 rings (SSSR count). The molecule has 1 saturated carbocycles. The van der Waals surface area contributed by atoms with Crippen LogP contribution in [0, 0.1) is 4.77 Å². The molecule has 0 spiro atoms. The van der Waals surface area contributed by atoms with Gasteiger partial charge < -0.3 is 4.57 Å². The zero-order valence-corrected chi connectivity index (χ0v) is 11.0. The summed E-state index contributed by atoms with van der Waals surface area (Å²) in [6.07, 6.45) is 7.42. The van der Waals surface area contributed by atoms with Gasteiger partial charge in [0.05, 0.1) is 0 Å². The van der Waals surface area contributed by atoms with Crippen molar-refractivity contribution in [3.63, 3.8) is 0 Å². The SMILES string of the molecule is CCCC(CCC)c1n[nH]c(=S)n1C1CC1. The van der Waals surface area contributed by atoms with E-state index >= 15 is 0 Å². The summed E-state index contributed by atoms with van der Waals surface area (Å²) in [6, 6.07) is 0.637. The zero-order chi connectivity index (χ0) is 11.5. The summed E-state index contributed by atoms with van der Waals surface area (Å²) in [5, 5.41) is 7.43. The molecular weight excluding hydrogens is 218 g/mol. The molecule has 0 bridgehead atoms. The molecule has 1 aliphatic carbocycles. The lowest BCUT2D eigenvalue weighted by Gasteiger charge is -2.15. The molecule has 90 valence electrons. The van der Waals surface area contributed by atoms with Crippen LogP contribution >= 0.6 is 12.2 Å². The zero-order valence-electron chi connectivity index (χ0n) is 10.2. The minimum atomic E-state index is 0.587. The molecule has 1 aromatic rings. The van der Waals surface area contributed by atoms with Gasteiger partial charge in [0.1, 0.15) is 5.82 Å². The number of nitrogens with zero attached hydrogens (tertiary/aromatic N) is 2. The highest BCUT2D eigenvalue weighted by atomic mass is 32.1. The molecule has 0 aromatic carbocycles. The quantitative estimate of drug-likeness (QED) is 0.762. The van der Waals surface area contributed by atoms with E-state index in [4.69, 9.17) is 12.2 Å². The van der Waals surface area contributed by atoms with Gasteiger partial charge in [-0.1, -0.05) is 26.7 Å². The summed E-state index contributed by atoms with van der Waals surface area (Å²) < 4.78 is 3.08. The summed E-state index contributed by atoms with van der Waals surface area (Å²) in [6.45, 7) is 4.48. The molecule has 1 heterocycles. The maximum atomic E-state index is 5.32. The van der Waals surface area contributed by atoms with Crippen molar-refractivity contribution in [1.29, 1.82) is 0 Å². The highest BCUT2D eigenvalue weighted by Gasteiger charge is 2.29. The first-order valence-electron chi connectivity index (χ1n) is 6.44. The van der Waals surface area contributed by atoms with Gasteiger partial charge in [0.15, 0.2) is 4.77 Å². The predicted molar refractivity (Wildman–Crippen MR) is 68.2 cm³/mol. The van der Waals surface area contributed by atoms with Crippen molar-refractivity contribution in [2.45, 2.75) is 64.3 Å². The third-order valence-electron chi connectivity index (χ3n) is 3.28. The lowest BCUT2D eigenvalue weighted by Crippen LogP contribution is -2.08. The number of aromatic nitrogens is 3. The molecule has 1 aromatic heterocycles. The standard InChI is InChI=1S/C12H21N3S/c1-3-5-9(6-4-2)11-13-14-12(16)15(11)10-7-8-10/h9-10H,3-8H2,1-2H3,(H,14,16). The molecule has 0 saturated heterocycles. The van der Waals surface area contributed by atoms with Crippen molar-refractivity contribution in [2.24, 2.45) is 0 Å². The highest BCUT2D eigenvalue weighted by molar-refractivity contribution is 7.71. The summed E-state index contributed by atoms with van der Waals surface area (Å²) in [5.74, 6) is 1.79. The van der Waals surface area contributed by atoms with E-state index in [-0.39, 0.29) is 0 Å². The fraction of sp³-hybridized carbons (Fsp3) is 0.833. The summed E-state index contributed by atoms with van der Waals surface area (Å²) in [4.78, 5) is 0. The van der Waals surface area contributed by atoms with Crippen molar-refractivity contribution in [3.05, 3.63) is 10.6 Å². The van der Waals surface area contributed by atoms with E-state index in [1.54, 1.807) is 0 Å². The van der Waals surface area contributed by atoms with Gasteiger partial charge in [0.25, 0.3) is 0 Å². The number of H-pyrrole nitrogens is 1. The molecule has 1 fully saturated rings. The second kappa shape index (κ2) is 5.13. The fourth-order valence-corrected chi connectivity index (χ4v) is 2.68. The van der Waals surface area contributed by atoms with Crippen LogP contribution in [0.1, 0.15) is 70.2 Å². The number of hydrogen-bond donors (Lipinski definition) is 1. The summed E-state index contributed by atoms with van der Waals surface area (Å²) in [5.41, 5.74) is 0. The Morgan fingerprint density at radius 1 is 1.38 bits per heavy atom. The van der Waals surface area contributed by atoms with Gasteiger partial charge in [0, 0.05) is 12.0 Å². The second-order valence-corrected chi connectivity index (χ2v) is 5.15. The normalized spacial score (nSPS) is 15.9. The lowest BCUT2D eigenvalue weighted by atomic mass is 9.97. The molecule has 0 unspecified atom stereocenters. The van der Waals surface area contributed by atoms with E-state index in [9.17, 15) is 0 Å². The lowest BCUT2D eigenvalue weighted by molar-refractivity contribution is 0.502. The Kier molecular flexibility index (Phi) is 3.79. The van der Waals surface area contributed by atoms with Crippen LogP contribution < -0.4 is 0 Å². The molecular formula is C12H21N3S. The third kappa shape index (κ3) is 2.37. The van der Waals surface area contributed by atoms with Crippen LogP contribution in [0.15, 0.2) is 0 Å². The first kappa shape index (κ1) is 11.8. The van der Waals surface area contributed by atoms with Gasteiger partial charge in [-0.2, -0.15) is 5.10 Å². The third-order valence-corrected chi connectivity index (χ3v) is 3.57. The molecule has 0 atom stereocenters. The van der Waals surface area contributed by atoms with Crippen LogP contribution in [0.4, 0.5) is 0 Å². The van der Waals surface area contributed by atoms with Gasteiger partial charge in [0.2, 0.25) is 0 Å². The van der Waals surface area contributed by atoms with Crippen LogP contribution in [0.2, 0.25) is 0 Å². The Bertz CT molecular complexity index is 383. The highest BCUT2D eigenvalue weighted by Crippen LogP contribution is 2.38. The van der Waals surface area contributed by atoms with Crippen molar-refractivity contribution in [1.82, 2.24) is 14.8 Å². The van der Waals surface area contributed by atoms with Gasteiger partial charge >= 0.3 is 0 Å². The van der Waals surface area contributed by atoms with E-state index in [1.165, 1.54) is 44.3 Å². The molecule has 0 radical (unpaired) electrons. The number of rotatable bonds is 6. The van der Waals surface area contributed by atoms with Gasteiger partial charge in [-0.05, 0) is 37.9 Å². The fourth-order valence-electron chi connectivity index (χ4n) is 2.39. The van der Waals surface area contributed by atoms with Crippen molar-refractivity contribution in [3.8, 4) is 0 Å². The molecule has 4 heteroatoms. The Balaban J connectivity index is 2.25. The first-order valence-corrected chi connectivity index (χ1v) is 6.85. The van der Waals surface area contributed by atoms with Crippen molar-refractivity contribution >= 4 is 12.2 Å². The Labute approximate surface area is 102 Å². The van der Waals surface area contributed by atoms with E-state index in [0.717, 1.165) is 4.77 Å². The second-order valence-electron chi connectivity index (χ2n) is 4.76. The molecule has 0 aliphatic heterocycles. The average molecular weight is 239 g/mol. The molecule has 1 N–H and O–H groups in total. The van der Waals surface area contributed by atoms with E-state index in [1.807, 2.05) is 0 Å². The maximum Gasteiger partial charge on any atom is 0.195 e. The Hall–Kier alpha value is -0.640. The van der Waals surface area contributed by atoms with Crippen LogP contribution in [0.5, 0.6) is 0 Å². The minimum absolute atomic E-state index is 0.587. The largest absolute Gasteiger partial charge is 0.301 e. The van der Waals surface area contributed by atoms with Crippen molar-refractivity contribution < 1.29 is 0 Å². The van der Waals surface area contributed by atoms with Crippen LogP contribution in [-0.4, -0.2) is 14.8 Å². The Morgan fingerprint density at radius 2 is 2.00 bits per heavy atom. The maximum absolute atomic E-state index is 5.32. The molecule has 16 heavy (non-hydrogen) atoms. The van der Waals surface area contributed by atoms with Crippen molar-refractivity contribution in [2.75, 3.05) is 0 Å². The topological polar surface area (TPSA) is 33.6 Å². The van der Waals surface area contributed by atoms with Crippen LogP contribution in [0.3, 0.4) is 0 Å². The minimum Gasteiger partial charge on any atom is -0.301 e. The molecule has 0 amide bonds. The predicted octanol–water partition coefficient (Wildman–Crippen LogP) is 3.96. The molecule has 1 aliphatic rings. The van der Waals surface area contributed by atoms with Gasteiger partial charge in [-0.15, -0.1) is 0 Å². The number of nitrogens with one attached hydrogen (secondary N) is 1. The average Bonchev–Trinajstić information content (AvgIpc) is 3.02. The van der Waals surface area contributed by atoms with Crippen LogP contribution in [-0.2, 0) is 0 Å². The van der Waals surface area contributed by atoms with Gasteiger partial charge in [-0.25, -0.2) is 0 Å². The summed E-state index contributed by atoms with van der Waals surface area (Å²) in [7, 11) is 0. The number of hydrogen-bond acceptors (Lipinski definition) is 2. The van der Waals surface area contributed by atoms with E-state index in [0.29, 0.717) is 12.0 Å². The number of aromatic amines is 1. The van der Waals surface area contributed by atoms with Crippen LogP contribution in [0.25, 0.3) is 0 Å².